The number of amides is 1. The lowest BCUT2D eigenvalue weighted by Crippen LogP contribution is -2.50. The van der Waals surface area contributed by atoms with E-state index in [0.717, 1.165) is 12.8 Å². The average molecular weight is 208 g/mol. The molecule has 3 heteroatoms. The number of piperidine rings is 1. The Kier molecular flexibility index (Phi) is 3.08. The van der Waals surface area contributed by atoms with E-state index in [1.54, 1.807) is 0 Å². The molecular formula is C12H20N2O. The monoisotopic (exact) mass is 208 g/mol. The second kappa shape index (κ2) is 3.84. The van der Waals surface area contributed by atoms with Crippen LogP contribution in [0.1, 0.15) is 47.0 Å². The fourth-order valence-corrected chi connectivity index (χ4v) is 2.45. The van der Waals surface area contributed by atoms with Crippen LogP contribution < -0.4 is 5.32 Å². The van der Waals surface area contributed by atoms with E-state index in [9.17, 15) is 4.79 Å². The minimum atomic E-state index is -0.321. The standard InChI is InChI=1S/C12H20N2O/c1-11(2,8-13)6-9-5-10(15)14-12(3,4)7-9/h9H,5-7H2,1-4H3,(H,14,15). The van der Waals surface area contributed by atoms with Crippen molar-refractivity contribution in [1.82, 2.24) is 5.32 Å². The first-order valence-electron chi connectivity index (χ1n) is 5.46. The minimum absolute atomic E-state index is 0.116. The van der Waals surface area contributed by atoms with Crippen molar-refractivity contribution < 1.29 is 4.79 Å². The van der Waals surface area contributed by atoms with Gasteiger partial charge in [0.25, 0.3) is 0 Å². The van der Waals surface area contributed by atoms with Gasteiger partial charge in [-0.25, -0.2) is 0 Å². The number of carbonyl (C=O) groups excluding carboxylic acids is 1. The molecule has 1 N–H and O–H groups in total. The van der Waals surface area contributed by atoms with Crippen LogP contribution in [0.15, 0.2) is 0 Å². The van der Waals surface area contributed by atoms with Crippen LogP contribution in [0.5, 0.6) is 0 Å². The third kappa shape index (κ3) is 3.54. The van der Waals surface area contributed by atoms with Crippen LogP contribution >= 0.6 is 0 Å². The number of nitrogens with zero attached hydrogens (tertiary/aromatic N) is 1. The Labute approximate surface area is 91.9 Å². The molecule has 0 aromatic rings. The average Bonchev–Trinajstić information content (AvgIpc) is 1.99. The summed E-state index contributed by atoms with van der Waals surface area (Å²) in [6.07, 6.45) is 2.33. The van der Waals surface area contributed by atoms with E-state index < -0.39 is 0 Å². The van der Waals surface area contributed by atoms with E-state index in [-0.39, 0.29) is 16.9 Å². The van der Waals surface area contributed by atoms with Gasteiger partial charge in [-0.3, -0.25) is 4.79 Å². The maximum atomic E-state index is 11.5. The lowest BCUT2D eigenvalue weighted by Gasteiger charge is -2.37. The number of hydrogen-bond donors (Lipinski definition) is 1. The van der Waals surface area contributed by atoms with Gasteiger partial charge in [-0.05, 0) is 46.5 Å². The molecule has 1 aliphatic heterocycles. The second-order valence-electron chi connectivity index (χ2n) is 5.91. The quantitative estimate of drug-likeness (QED) is 0.756. The van der Waals surface area contributed by atoms with Crippen molar-refractivity contribution in [2.24, 2.45) is 11.3 Å². The predicted molar refractivity (Wildman–Crippen MR) is 59.0 cm³/mol. The van der Waals surface area contributed by atoms with Gasteiger partial charge in [0.2, 0.25) is 5.91 Å². The van der Waals surface area contributed by atoms with E-state index in [2.05, 4.69) is 11.4 Å². The molecule has 1 fully saturated rings. The first kappa shape index (κ1) is 12.0. The van der Waals surface area contributed by atoms with Gasteiger partial charge >= 0.3 is 0 Å². The van der Waals surface area contributed by atoms with Gasteiger partial charge < -0.3 is 5.32 Å². The molecule has 1 amide bonds. The molecule has 0 aromatic carbocycles. The van der Waals surface area contributed by atoms with Crippen LogP contribution in [-0.2, 0) is 4.79 Å². The van der Waals surface area contributed by atoms with Gasteiger partial charge in [0.1, 0.15) is 0 Å². The molecular weight excluding hydrogens is 188 g/mol. The summed E-state index contributed by atoms with van der Waals surface area (Å²) in [5, 5.41) is 11.9. The van der Waals surface area contributed by atoms with Crippen LogP contribution in [0, 0.1) is 22.7 Å². The zero-order chi connectivity index (χ0) is 11.7. The summed E-state index contributed by atoms with van der Waals surface area (Å²) in [5.74, 6) is 0.452. The van der Waals surface area contributed by atoms with E-state index in [0.29, 0.717) is 12.3 Å². The predicted octanol–water partition coefficient (Wildman–Crippen LogP) is 2.23. The van der Waals surface area contributed by atoms with Gasteiger partial charge in [-0.15, -0.1) is 0 Å². The van der Waals surface area contributed by atoms with E-state index in [1.807, 2.05) is 27.7 Å². The summed E-state index contributed by atoms with van der Waals surface area (Å²) in [7, 11) is 0. The first-order valence-corrected chi connectivity index (χ1v) is 5.46. The molecule has 15 heavy (non-hydrogen) atoms. The van der Waals surface area contributed by atoms with Crippen molar-refractivity contribution in [3.05, 3.63) is 0 Å². The minimum Gasteiger partial charge on any atom is -0.351 e. The lowest BCUT2D eigenvalue weighted by molar-refractivity contribution is -0.126. The molecule has 1 atom stereocenters. The van der Waals surface area contributed by atoms with E-state index >= 15 is 0 Å². The van der Waals surface area contributed by atoms with E-state index in [1.165, 1.54) is 0 Å². The molecule has 1 unspecified atom stereocenters. The fourth-order valence-electron chi connectivity index (χ4n) is 2.45. The van der Waals surface area contributed by atoms with Gasteiger partial charge in [0.15, 0.2) is 0 Å². The summed E-state index contributed by atoms with van der Waals surface area (Å²) in [6, 6.07) is 2.30. The summed E-state index contributed by atoms with van der Waals surface area (Å²) >= 11 is 0. The Morgan fingerprint density at radius 2 is 2.20 bits per heavy atom. The third-order valence-electron chi connectivity index (χ3n) is 2.85. The fraction of sp³-hybridized carbons (Fsp3) is 0.833. The second-order valence-corrected chi connectivity index (χ2v) is 5.91. The summed E-state index contributed by atoms with van der Waals surface area (Å²) < 4.78 is 0. The SMILES string of the molecule is CC(C)(C#N)CC1CC(=O)NC(C)(C)C1. The third-order valence-corrected chi connectivity index (χ3v) is 2.85. The highest BCUT2D eigenvalue weighted by Crippen LogP contribution is 2.34. The topological polar surface area (TPSA) is 52.9 Å². The van der Waals surface area contributed by atoms with Crippen molar-refractivity contribution >= 4 is 5.91 Å². The van der Waals surface area contributed by atoms with Crippen molar-refractivity contribution in [2.45, 2.75) is 52.5 Å². The lowest BCUT2D eigenvalue weighted by atomic mass is 9.75. The van der Waals surface area contributed by atoms with Crippen molar-refractivity contribution in [3.8, 4) is 6.07 Å². The van der Waals surface area contributed by atoms with Crippen LogP contribution in [-0.4, -0.2) is 11.4 Å². The zero-order valence-electron chi connectivity index (χ0n) is 10.1. The molecule has 0 bridgehead atoms. The number of rotatable bonds is 2. The smallest absolute Gasteiger partial charge is 0.220 e. The summed E-state index contributed by atoms with van der Waals surface area (Å²) in [6.45, 7) is 7.95. The molecule has 1 saturated heterocycles. The Morgan fingerprint density at radius 3 is 2.67 bits per heavy atom. The molecule has 1 rings (SSSR count). The highest BCUT2D eigenvalue weighted by molar-refractivity contribution is 5.77. The largest absolute Gasteiger partial charge is 0.351 e. The molecule has 84 valence electrons. The maximum absolute atomic E-state index is 11.5. The molecule has 0 aliphatic carbocycles. The Morgan fingerprint density at radius 1 is 1.60 bits per heavy atom. The Bertz CT molecular complexity index is 299. The van der Waals surface area contributed by atoms with Crippen molar-refractivity contribution in [2.75, 3.05) is 0 Å². The van der Waals surface area contributed by atoms with Crippen LogP contribution in [0.3, 0.4) is 0 Å². The Hall–Kier alpha value is -1.04. The molecule has 3 nitrogen and oxygen atoms in total. The van der Waals surface area contributed by atoms with Crippen molar-refractivity contribution in [3.63, 3.8) is 0 Å². The van der Waals surface area contributed by atoms with Gasteiger partial charge in [-0.2, -0.15) is 5.26 Å². The normalized spacial score (nSPS) is 25.5. The number of nitrogens with one attached hydrogen (secondary N) is 1. The molecule has 1 heterocycles. The summed E-state index contributed by atoms with van der Waals surface area (Å²) in [5.41, 5.74) is -0.441. The zero-order valence-corrected chi connectivity index (χ0v) is 10.1. The van der Waals surface area contributed by atoms with Crippen molar-refractivity contribution in [1.29, 1.82) is 5.26 Å². The molecule has 1 aliphatic rings. The summed E-state index contributed by atoms with van der Waals surface area (Å²) in [4.78, 5) is 11.5. The molecule has 0 spiro atoms. The van der Waals surface area contributed by atoms with Crippen LogP contribution in [0.25, 0.3) is 0 Å². The molecule has 0 saturated carbocycles. The highest BCUT2D eigenvalue weighted by atomic mass is 16.1. The van der Waals surface area contributed by atoms with Gasteiger partial charge in [0.05, 0.1) is 11.5 Å². The number of nitriles is 1. The van der Waals surface area contributed by atoms with Gasteiger partial charge in [0, 0.05) is 12.0 Å². The maximum Gasteiger partial charge on any atom is 0.220 e. The number of hydrogen-bond acceptors (Lipinski definition) is 2. The number of carbonyl (C=O) groups is 1. The Balaban J connectivity index is 2.65. The first-order chi connectivity index (χ1) is 6.74. The van der Waals surface area contributed by atoms with Gasteiger partial charge in [-0.1, -0.05) is 0 Å². The highest BCUT2D eigenvalue weighted by Gasteiger charge is 2.34. The molecule has 0 radical (unpaired) electrons. The molecule has 0 aromatic heterocycles. The van der Waals surface area contributed by atoms with Crippen LogP contribution in [0.2, 0.25) is 0 Å². The van der Waals surface area contributed by atoms with Crippen LogP contribution in [0.4, 0.5) is 0 Å². The van der Waals surface area contributed by atoms with E-state index in [4.69, 9.17) is 5.26 Å².